The summed E-state index contributed by atoms with van der Waals surface area (Å²) in [6.45, 7) is 3.89. The summed E-state index contributed by atoms with van der Waals surface area (Å²) in [5.41, 5.74) is 3.73. The number of piperidine rings is 1. The van der Waals surface area contributed by atoms with E-state index in [1.165, 1.54) is 31.4 Å². The first kappa shape index (κ1) is 16.8. The van der Waals surface area contributed by atoms with Crippen LogP contribution in [0.15, 0.2) is 35.4 Å². The van der Waals surface area contributed by atoms with Gasteiger partial charge in [-0.05, 0) is 43.9 Å². The van der Waals surface area contributed by atoms with Crippen LogP contribution in [-0.2, 0) is 0 Å². The maximum atomic E-state index is 10.6. The summed E-state index contributed by atoms with van der Waals surface area (Å²) < 4.78 is 0. The third kappa shape index (κ3) is 4.50. The van der Waals surface area contributed by atoms with E-state index in [9.17, 15) is 10.1 Å². The smallest absolute Gasteiger partial charge is 0.269 e. The SMILES string of the molecule is Cc1nc(N/N=C/c2ccc([N+](=O)[O-])cc2)cc(N2CCCCC2)n1. The Bertz CT molecular complexity index is 769. The van der Waals surface area contributed by atoms with Gasteiger partial charge in [0.1, 0.15) is 11.6 Å². The van der Waals surface area contributed by atoms with Crippen molar-refractivity contribution in [2.45, 2.75) is 26.2 Å². The second-order valence-corrected chi connectivity index (χ2v) is 5.92. The van der Waals surface area contributed by atoms with Crippen LogP contribution in [0.5, 0.6) is 0 Å². The van der Waals surface area contributed by atoms with Gasteiger partial charge in [-0.15, -0.1) is 0 Å². The van der Waals surface area contributed by atoms with E-state index in [0.717, 1.165) is 24.5 Å². The molecular formula is C17H20N6O2. The number of non-ortho nitro benzene ring substituents is 1. The number of rotatable bonds is 5. The van der Waals surface area contributed by atoms with Crippen LogP contribution in [0.25, 0.3) is 0 Å². The van der Waals surface area contributed by atoms with Crippen LogP contribution < -0.4 is 10.3 Å². The van der Waals surface area contributed by atoms with E-state index < -0.39 is 4.92 Å². The molecule has 0 radical (unpaired) electrons. The van der Waals surface area contributed by atoms with Crippen molar-refractivity contribution in [1.82, 2.24) is 9.97 Å². The van der Waals surface area contributed by atoms with E-state index in [2.05, 4.69) is 25.4 Å². The molecule has 25 heavy (non-hydrogen) atoms. The van der Waals surface area contributed by atoms with Gasteiger partial charge in [0.25, 0.3) is 5.69 Å². The summed E-state index contributed by atoms with van der Waals surface area (Å²) in [4.78, 5) is 21.3. The van der Waals surface area contributed by atoms with Gasteiger partial charge in [0.2, 0.25) is 0 Å². The Balaban J connectivity index is 1.67. The highest BCUT2D eigenvalue weighted by molar-refractivity contribution is 5.80. The first-order valence-electron chi connectivity index (χ1n) is 8.26. The number of aromatic nitrogens is 2. The van der Waals surface area contributed by atoms with Crippen LogP contribution in [0, 0.1) is 17.0 Å². The van der Waals surface area contributed by atoms with E-state index in [1.54, 1.807) is 18.3 Å². The molecule has 0 saturated carbocycles. The molecule has 1 fully saturated rings. The second kappa shape index (κ2) is 7.69. The van der Waals surface area contributed by atoms with Crippen LogP contribution in [0.3, 0.4) is 0 Å². The minimum absolute atomic E-state index is 0.0581. The van der Waals surface area contributed by atoms with Gasteiger partial charge in [-0.2, -0.15) is 5.10 Å². The van der Waals surface area contributed by atoms with Gasteiger partial charge in [-0.25, -0.2) is 9.97 Å². The summed E-state index contributed by atoms with van der Waals surface area (Å²) in [6, 6.07) is 8.09. The molecule has 0 amide bonds. The molecule has 3 rings (SSSR count). The van der Waals surface area contributed by atoms with Crippen molar-refractivity contribution in [3.63, 3.8) is 0 Å². The number of nitrogens with zero attached hydrogens (tertiary/aromatic N) is 5. The fourth-order valence-corrected chi connectivity index (χ4v) is 2.75. The lowest BCUT2D eigenvalue weighted by Gasteiger charge is -2.27. The van der Waals surface area contributed by atoms with Gasteiger partial charge in [-0.3, -0.25) is 15.5 Å². The molecule has 0 bridgehead atoms. The molecule has 1 aromatic heterocycles. The number of benzene rings is 1. The first-order chi connectivity index (χ1) is 12.1. The fourth-order valence-electron chi connectivity index (χ4n) is 2.75. The Kier molecular flexibility index (Phi) is 5.17. The van der Waals surface area contributed by atoms with Crippen LogP contribution in [0.1, 0.15) is 30.7 Å². The Morgan fingerprint density at radius 2 is 1.92 bits per heavy atom. The number of aryl methyl sites for hydroxylation is 1. The quantitative estimate of drug-likeness (QED) is 0.510. The highest BCUT2D eigenvalue weighted by Gasteiger charge is 2.13. The minimum Gasteiger partial charge on any atom is -0.356 e. The summed E-state index contributed by atoms with van der Waals surface area (Å²) in [5, 5.41) is 14.8. The van der Waals surface area contributed by atoms with Crippen LogP contribution in [0.4, 0.5) is 17.3 Å². The number of hydrogen-bond acceptors (Lipinski definition) is 7. The zero-order valence-electron chi connectivity index (χ0n) is 14.1. The highest BCUT2D eigenvalue weighted by atomic mass is 16.6. The molecule has 1 aromatic carbocycles. The number of hydrogen-bond donors (Lipinski definition) is 1. The monoisotopic (exact) mass is 340 g/mol. The van der Waals surface area contributed by atoms with Gasteiger partial charge in [0.05, 0.1) is 11.1 Å². The summed E-state index contributed by atoms with van der Waals surface area (Å²) in [5.74, 6) is 2.24. The Labute approximate surface area is 145 Å². The molecule has 0 atom stereocenters. The van der Waals surface area contributed by atoms with E-state index in [-0.39, 0.29) is 5.69 Å². The molecule has 8 nitrogen and oxygen atoms in total. The number of nitro groups is 1. The first-order valence-corrected chi connectivity index (χ1v) is 8.26. The highest BCUT2D eigenvalue weighted by Crippen LogP contribution is 2.20. The van der Waals surface area contributed by atoms with E-state index >= 15 is 0 Å². The van der Waals surface area contributed by atoms with Gasteiger partial charge < -0.3 is 4.90 Å². The Morgan fingerprint density at radius 3 is 2.60 bits per heavy atom. The minimum atomic E-state index is -0.426. The molecule has 8 heteroatoms. The largest absolute Gasteiger partial charge is 0.356 e. The summed E-state index contributed by atoms with van der Waals surface area (Å²) in [7, 11) is 0. The predicted octanol–water partition coefficient (Wildman–Crippen LogP) is 3.13. The molecule has 1 aliphatic heterocycles. The van der Waals surface area contributed by atoms with Gasteiger partial charge in [0, 0.05) is 31.3 Å². The van der Waals surface area contributed by atoms with E-state index in [0.29, 0.717) is 11.6 Å². The van der Waals surface area contributed by atoms with Crippen molar-refractivity contribution in [2.75, 3.05) is 23.4 Å². The normalized spacial score (nSPS) is 14.7. The van der Waals surface area contributed by atoms with Gasteiger partial charge in [-0.1, -0.05) is 0 Å². The van der Waals surface area contributed by atoms with E-state index in [4.69, 9.17) is 0 Å². The predicted molar refractivity (Wildman–Crippen MR) is 97.1 cm³/mol. The molecule has 2 aromatic rings. The zero-order chi connectivity index (χ0) is 17.6. The van der Waals surface area contributed by atoms with E-state index in [1.807, 2.05) is 13.0 Å². The van der Waals surface area contributed by atoms with Crippen LogP contribution in [-0.4, -0.2) is 34.2 Å². The lowest BCUT2D eigenvalue weighted by atomic mass is 10.1. The molecule has 1 saturated heterocycles. The van der Waals surface area contributed by atoms with Gasteiger partial charge >= 0.3 is 0 Å². The number of nitrogens with one attached hydrogen (secondary N) is 1. The maximum absolute atomic E-state index is 10.6. The van der Waals surface area contributed by atoms with Crippen molar-refractivity contribution in [1.29, 1.82) is 0 Å². The Morgan fingerprint density at radius 1 is 1.20 bits per heavy atom. The second-order valence-electron chi connectivity index (χ2n) is 5.92. The van der Waals surface area contributed by atoms with Crippen molar-refractivity contribution in [3.8, 4) is 0 Å². The number of nitro benzene ring substituents is 1. The summed E-state index contributed by atoms with van der Waals surface area (Å²) in [6.07, 6.45) is 5.24. The molecule has 1 aliphatic rings. The molecule has 2 heterocycles. The summed E-state index contributed by atoms with van der Waals surface area (Å²) >= 11 is 0. The maximum Gasteiger partial charge on any atom is 0.269 e. The van der Waals surface area contributed by atoms with Crippen LogP contribution in [0.2, 0.25) is 0 Å². The van der Waals surface area contributed by atoms with Crippen molar-refractivity contribution >= 4 is 23.5 Å². The zero-order valence-corrected chi connectivity index (χ0v) is 14.1. The number of hydrazone groups is 1. The molecule has 0 unspecified atom stereocenters. The lowest BCUT2D eigenvalue weighted by Crippen LogP contribution is -2.30. The third-order valence-electron chi connectivity index (χ3n) is 4.00. The van der Waals surface area contributed by atoms with Crippen molar-refractivity contribution < 1.29 is 4.92 Å². The van der Waals surface area contributed by atoms with Gasteiger partial charge in [0.15, 0.2) is 5.82 Å². The fraction of sp³-hybridized carbons (Fsp3) is 0.353. The molecular weight excluding hydrogens is 320 g/mol. The van der Waals surface area contributed by atoms with Crippen molar-refractivity contribution in [2.24, 2.45) is 5.10 Å². The molecule has 1 N–H and O–H groups in total. The van der Waals surface area contributed by atoms with Crippen molar-refractivity contribution in [3.05, 3.63) is 51.8 Å². The van der Waals surface area contributed by atoms with Crippen LogP contribution >= 0.6 is 0 Å². The molecule has 130 valence electrons. The standard InChI is InChI=1S/C17H20N6O2/c1-13-19-16(11-17(20-13)22-9-3-2-4-10-22)21-18-12-14-5-7-15(8-6-14)23(24)25/h5-8,11-12H,2-4,9-10H2,1H3,(H,19,20,21)/b18-12+. The average Bonchev–Trinajstić information content (AvgIpc) is 2.62. The molecule has 0 spiro atoms. The third-order valence-corrected chi connectivity index (χ3v) is 4.00. The lowest BCUT2D eigenvalue weighted by molar-refractivity contribution is -0.384. The average molecular weight is 340 g/mol. The Hall–Kier alpha value is -3.03. The molecule has 0 aliphatic carbocycles. The number of anilines is 2. The topological polar surface area (TPSA) is 96.5 Å².